The SMILES string of the molecule is OCc1ccc(Br)cc1N(CC(F)(F)F)C1CC1. The molecule has 2 rings (SSSR count). The molecule has 1 aliphatic carbocycles. The molecule has 0 saturated heterocycles. The zero-order valence-corrected chi connectivity index (χ0v) is 11.1. The summed E-state index contributed by atoms with van der Waals surface area (Å²) >= 11 is 3.25. The molecule has 0 radical (unpaired) electrons. The number of aliphatic hydroxyl groups excluding tert-OH is 1. The lowest BCUT2D eigenvalue weighted by Crippen LogP contribution is -2.36. The highest BCUT2D eigenvalue weighted by molar-refractivity contribution is 9.10. The van der Waals surface area contributed by atoms with Crippen LogP contribution in [0.15, 0.2) is 22.7 Å². The largest absolute Gasteiger partial charge is 0.405 e. The Morgan fingerprint density at radius 3 is 2.50 bits per heavy atom. The maximum atomic E-state index is 12.6. The smallest absolute Gasteiger partial charge is 0.392 e. The summed E-state index contributed by atoms with van der Waals surface area (Å²) in [6, 6.07) is 4.93. The summed E-state index contributed by atoms with van der Waals surface area (Å²) in [5, 5.41) is 9.24. The second-order valence-corrected chi connectivity index (χ2v) is 5.32. The molecule has 1 saturated carbocycles. The first-order valence-electron chi connectivity index (χ1n) is 5.63. The van der Waals surface area contributed by atoms with Crippen LogP contribution in [0.3, 0.4) is 0 Å². The van der Waals surface area contributed by atoms with E-state index >= 15 is 0 Å². The van der Waals surface area contributed by atoms with E-state index in [1.165, 1.54) is 4.90 Å². The normalized spacial score (nSPS) is 15.8. The summed E-state index contributed by atoms with van der Waals surface area (Å²) in [5.41, 5.74) is 0.987. The van der Waals surface area contributed by atoms with Gasteiger partial charge in [0.05, 0.1) is 6.61 Å². The van der Waals surface area contributed by atoms with Gasteiger partial charge in [0, 0.05) is 21.8 Å². The van der Waals surface area contributed by atoms with E-state index in [1.54, 1.807) is 18.2 Å². The van der Waals surface area contributed by atoms with Crippen molar-refractivity contribution in [2.45, 2.75) is 31.7 Å². The maximum absolute atomic E-state index is 12.6. The van der Waals surface area contributed by atoms with E-state index in [9.17, 15) is 18.3 Å². The van der Waals surface area contributed by atoms with Crippen LogP contribution in [0.2, 0.25) is 0 Å². The third-order valence-corrected chi connectivity index (χ3v) is 3.36. The molecule has 0 aliphatic heterocycles. The molecular formula is C12H13BrF3NO. The molecular weight excluding hydrogens is 311 g/mol. The first-order valence-corrected chi connectivity index (χ1v) is 6.42. The van der Waals surface area contributed by atoms with Gasteiger partial charge in [-0.15, -0.1) is 0 Å². The third-order valence-electron chi connectivity index (χ3n) is 2.86. The van der Waals surface area contributed by atoms with Crippen molar-refractivity contribution in [1.29, 1.82) is 0 Å². The zero-order chi connectivity index (χ0) is 13.3. The molecule has 0 spiro atoms. The average Bonchev–Trinajstić information content (AvgIpc) is 3.08. The molecule has 0 amide bonds. The summed E-state index contributed by atoms with van der Waals surface area (Å²) in [6.07, 6.45) is -2.70. The van der Waals surface area contributed by atoms with Crippen LogP contribution in [0.5, 0.6) is 0 Å². The lowest BCUT2D eigenvalue weighted by Gasteiger charge is -2.28. The molecule has 100 valence electrons. The van der Waals surface area contributed by atoms with Gasteiger partial charge < -0.3 is 10.0 Å². The molecule has 0 aromatic heterocycles. The number of anilines is 1. The Morgan fingerprint density at radius 2 is 2.00 bits per heavy atom. The van der Waals surface area contributed by atoms with Crippen molar-refractivity contribution in [3.63, 3.8) is 0 Å². The molecule has 1 aliphatic rings. The van der Waals surface area contributed by atoms with Gasteiger partial charge in [-0.05, 0) is 25.0 Å². The molecule has 1 aromatic carbocycles. The summed E-state index contributed by atoms with van der Waals surface area (Å²) in [4.78, 5) is 1.34. The minimum absolute atomic E-state index is 0.0637. The number of benzene rings is 1. The Morgan fingerprint density at radius 1 is 1.33 bits per heavy atom. The van der Waals surface area contributed by atoms with Crippen molar-refractivity contribution < 1.29 is 18.3 Å². The van der Waals surface area contributed by atoms with E-state index in [0.717, 1.165) is 12.8 Å². The number of halogens is 4. The molecule has 1 fully saturated rings. The predicted octanol–water partition coefficient (Wildman–Crippen LogP) is 3.47. The van der Waals surface area contributed by atoms with Crippen LogP contribution in [0.4, 0.5) is 18.9 Å². The maximum Gasteiger partial charge on any atom is 0.405 e. The Balaban J connectivity index is 2.32. The van der Waals surface area contributed by atoms with Gasteiger partial charge in [0.1, 0.15) is 6.54 Å². The van der Waals surface area contributed by atoms with Gasteiger partial charge in [-0.3, -0.25) is 0 Å². The van der Waals surface area contributed by atoms with Crippen LogP contribution < -0.4 is 4.90 Å². The van der Waals surface area contributed by atoms with Crippen LogP contribution >= 0.6 is 15.9 Å². The second-order valence-electron chi connectivity index (χ2n) is 4.41. The lowest BCUT2D eigenvalue weighted by molar-refractivity contribution is -0.120. The fraction of sp³-hybridized carbons (Fsp3) is 0.500. The summed E-state index contributed by atoms with van der Waals surface area (Å²) in [5.74, 6) is 0. The Bertz CT molecular complexity index is 432. The first kappa shape index (κ1) is 13.7. The summed E-state index contributed by atoms with van der Waals surface area (Å²) in [7, 11) is 0. The van der Waals surface area contributed by atoms with Gasteiger partial charge in [0.15, 0.2) is 0 Å². The van der Waals surface area contributed by atoms with Crippen LogP contribution in [0.1, 0.15) is 18.4 Å². The van der Waals surface area contributed by atoms with Crippen LogP contribution in [-0.4, -0.2) is 23.9 Å². The van der Waals surface area contributed by atoms with Gasteiger partial charge in [-0.1, -0.05) is 22.0 Å². The average molecular weight is 324 g/mol. The van der Waals surface area contributed by atoms with Crippen LogP contribution in [0, 0.1) is 0 Å². The van der Waals surface area contributed by atoms with E-state index in [4.69, 9.17) is 0 Å². The molecule has 1 N–H and O–H groups in total. The first-order chi connectivity index (χ1) is 8.40. The fourth-order valence-corrected chi connectivity index (χ4v) is 2.28. The number of hydrogen-bond donors (Lipinski definition) is 1. The van der Waals surface area contributed by atoms with Crippen molar-refractivity contribution >= 4 is 21.6 Å². The highest BCUT2D eigenvalue weighted by Crippen LogP contribution is 2.37. The van der Waals surface area contributed by atoms with E-state index in [1.807, 2.05) is 0 Å². The summed E-state index contributed by atoms with van der Waals surface area (Å²) < 4.78 is 38.5. The fourth-order valence-electron chi connectivity index (χ4n) is 1.93. The van der Waals surface area contributed by atoms with Crippen molar-refractivity contribution in [2.75, 3.05) is 11.4 Å². The Hall–Kier alpha value is -0.750. The van der Waals surface area contributed by atoms with Gasteiger partial charge >= 0.3 is 6.18 Å². The molecule has 0 bridgehead atoms. The number of rotatable bonds is 4. The lowest BCUT2D eigenvalue weighted by atomic mass is 10.1. The number of hydrogen-bond acceptors (Lipinski definition) is 2. The van der Waals surface area contributed by atoms with E-state index < -0.39 is 12.7 Å². The van der Waals surface area contributed by atoms with E-state index in [-0.39, 0.29) is 12.6 Å². The van der Waals surface area contributed by atoms with Gasteiger partial charge in [0.2, 0.25) is 0 Å². The highest BCUT2D eigenvalue weighted by atomic mass is 79.9. The molecule has 0 atom stereocenters. The van der Waals surface area contributed by atoms with E-state index in [0.29, 0.717) is 15.7 Å². The van der Waals surface area contributed by atoms with E-state index in [2.05, 4.69) is 15.9 Å². The monoisotopic (exact) mass is 323 g/mol. The number of nitrogens with zero attached hydrogens (tertiary/aromatic N) is 1. The van der Waals surface area contributed by atoms with Gasteiger partial charge in [0.25, 0.3) is 0 Å². The molecule has 18 heavy (non-hydrogen) atoms. The number of aliphatic hydroxyl groups is 1. The van der Waals surface area contributed by atoms with Crippen molar-refractivity contribution in [2.24, 2.45) is 0 Å². The van der Waals surface area contributed by atoms with Crippen molar-refractivity contribution in [1.82, 2.24) is 0 Å². The summed E-state index contributed by atoms with van der Waals surface area (Å²) in [6.45, 7) is -1.23. The topological polar surface area (TPSA) is 23.5 Å². The minimum Gasteiger partial charge on any atom is -0.392 e. The molecule has 1 aromatic rings. The Labute approximate surface area is 112 Å². The van der Waals surface area contributed by atoms with Crippen molar-refractivity contribution in [3.05, 3.63) is 28.2 Å². The molecule has 0 unspecified atom stereocenters. The van der Waals surface area contributed by atoms with Gasteiger partial charge in [-0.25, -0.2) is 0 Å². The molecule has 2 nitrogen and oxygen atoms in total. The standard InChI is InChI=1S/C12H13BrF3NO/c13-9-2-1-8(6-18)11(5-9)17(10-3-4-10)7-12(14,15)16/h1-2,5,10,18H,3-4,6-7H2. The minimum atomic E-state index is -4.24. The predicted molar refractivity (Wildman–Crippen MR) is 66.5 cm³/mol. The van der Waals surface area contributed by atoms with Crippen LogP contribution in [-0.2, 0) is 6.61 Å². The van der Waals surface area contributed by atoms with Gasteiger partial charge in [-0.2, -0.15) is 13.2 Å². The molecule has 6 heteroatoms. The molecule has 0 heterocycles. The highest BCUT2D eigenvalue weighted by Gasteiger charge is 2.38. The van der Waals surface area contributed by atoms with Crippen LogP contribution in [0.25, 0.3) is 0 Å². The zero-order valence-electron chi connectivity index (χ0n) is 9.54. The quantitative estimate of drug-likeness (QED) is 0.917. The second kappa shape index (κ2) is 5.09. The number of alkyl halides is 3. The Kier molecular flexibility index (Phi) is 3.87. The third kappa shape index (κ3) is 3.38. The van der Waals surface area contributed by atoms with Crippen molar-refractivity contribution in [3.8, 4) is 0 Å².